The minimum absolute atomic E-state index is 0.0503. The molecule has 0 amide bonds. The van der Waals surface area contributed by atoms with Crippen molar-refractivity contribution in [3.63, 3.8) is 0 Å². The van der Waals surface area contributed by atoms with Crippen molar-refractivity contribution in [2.24, 2.45) is 0 Å². The second-order valence-electron chi connectivity index (χ2n) is 2.25. The number of ether oxygens (including phenoxy) is 1. The van der Waals surface area contributed by atoms with Gasteiger partial charge in [0.05, 0.1) is 22.2 Å². The Balaban J connectivity index is 3.31. The van der Waals surface area contributed by atoms with Gasteiger partial charge in [0.2, 0.25) is 0 Å². The number of halogens is 2. The number of hydrogen-bond acceptors (Lipinski definition) is 2. The molecule has 0 aliphatic heterocycles. The van der Waals surface area contributed by atoms with E-state index in [4.69, 9.17) is 21.4 Å². The minimum atomic E-state index is -1.06. The molecule has 1 aromatic rings. The number of methoxy groups -OCH3 is 1. The number of benzene rings is 1. The largest absolute Gasteiger partial charge is 0.496 e. The third-order valence-electron chi connectivity index (χ3n) is 1.50. The summed E-state index contributed by atoms with van der Waals surface area (Å²) >= 11 is 8.90. The third kappa shape index (κ3) is 1.95. The van der Waals surface area contributed by atoms with Gasteiger partial charge in [0.15, 0.2) is 0 Å². The third-order valence-corrected chi connectivity index (χ3v) is 2.91. The van der Waals surface area contributed by atoms with E-state index in [0.29, 0.717) is 10.2 Å². The highest BCUT2D eigenvalue weighted by atomic mass is 79.9. The van der Waals surface area contributed by atoms with Crippen molar-refractivity contribution in [2.45, 2.75) is 0 Å². The molecule has 0 fully saturated rings. The van der Waals surface area contributed by atoms with Crippen LogP contribution in [0.1, 0.15) is 10.4 Å². The van der Waals surface area contributed by atoms with Crippen LogP contribution in [-0.2, 0) is 0 Å². The fourth-order valence-electron chi connectivity index (χ4n) is 0.855. The Hall–Kier alpha value is -0.740. The highest BCUT2D eigenvalue weighted by Gasteiger charge is 2.14. The Kier molecular flexibility index (Phi) is 3.17. The molecule has 0 unspecified atom stereocenters. The SMILES string of the molecule is COc1ccc(C(=O)O)c(Cl)c1Br. The molecule has 0 saturated heterocycles. The summed E-state index contributed by atoms with van der Waals surface area (Å²) < 4.78 is 5.39. The number of carboxylic acids is 1. The van der Waals surface area contributed by atoms with Gasteiger partial charge in [0.1, 0.15) is 5.75 Å². The molecule has 5 heteroatoms. The lowest BCUT2D eigenvalue weighted by atomic mass is 10.2. The Morgan fingerprint density at radius 2 is 2.23 bits per heavy atom. The van der Waals surface area contributed by atoms with Gasteiger partial charge in [0.25, 0.3) is 0 Å². The van der Waals surface area contributed by atoms with Crippen molar-refractivity contribution in [3.05, 3.63) is 27.2 Å². The van der Waals surface area contributed by atoms with Crippen LogP contribution in [0.15, 0.2) is 16.6 Å². The number of hydrogen-bond donors (Lipinski definition) is 1. The summed E-state index contributed by atoms with van der Waals surface area (Å²) in [5.74, 6) is -0.552. The van der Waals surface area contributed by atoms with Gasteiger partial charge in [-0.1, -0.05) is 11.6 Å². The average Bonchev–Trinajstić information content (AvgIpc) is 2.09. The van der Waals surface area contributed by atoms with E-state index >= 15 is 0 Å². The molecule has 0 aliphatic rings. The molecule has 1 rings (SSSR count). The van der Waals surface area contributed by atoms with E-state index in [0.717, 1.165) is 0 Å². The predicted molar refractivity (Wildman–Crippen MR) is 52.7 cm³/mol. The molecule has 3 nitrogen and oxygen atoms in total. The summed E-state index contributed by atoms with van der Waals surface area (Å²) in [7, 11) is 1.48. The van der Waals surface area contributed by atoms with Crippen molar-refractivity contribution in [1.29, 1.82) is 0 Å². The number of aromatic carboxylic acids is 1. The van der Waals surface area contributed by atoms with E-state index in [9.17, 15) is 4.79 Å². The first-order chi connectivity index (χ1) is 6.07. The predicted octanol–water partition coefficient (Wildman–Crippen LogP) is 2.81. The number of carbonyl (C=O) groups is 1. The fourth-order valence-corrected chi connectivity index (χ4v) is 1.60. The summed E-state index contributed by atoms with van der Waals surface area (Å²) in [5, 5.41) is 8.85. The summed E-state index contributed by atoms with van der Waals surface area (Å²) in [6.07, 6.45) is 0. The Labute approximate surface area is 88.4 Å². The van der Waals surface area contributed by atoms with Gasteiger partial charge in [-0.05, 0) is 28.1 Å². The normalized spacial score (nSPS) is 9.77. The number of carboxylic acid groups (broad SMARTS) is 1. The summed E-state index contributed by atoms with van der Waals surface area (Å²) in [6.45, 7) is 0. The molecule has 0 atom stereocenters. The zero-order chi connectivity index (χ0) is 10.0. The first kappa shape index (κ1) is 10.3. The minimum Gasteiger partial charge on any atom is -0.496 e. The van der Waals surface area contributed by atoms with Gasteiger partial charge < -0.3 is 9.84 Å². The van der Waals surface area contributed by atoms with E-state index in [-0.39, 0.29) is 10.6 Å². The monoisotopic (exact) mass is 264 g/mol. The van der Waals surface area contributed by atoms with Crippen LogP contribution >= 0.6 is 27.5 Å². The van der Waals surface area contributed by atoms with Crippen molar-refractivity contribution in [1.82, 2.24) is 0 Å². The molecular formula is C8H6BrClO3. The van der Waals surface area contributed by atoms with Crippen LogP contribution in [0.3, 0.4) is 0 Å². The molecular weight excluding hydrogens is 259 g/mol. The molecule has 0 saturated carbocycles. The van der Waals surface area contributed by atoms with Crippen molar-refractivity contribution in [2.75, 3.05) is 7.11 Å². The maximum atomic E-state index is 10.6. The average molecular weight is 265 g/mol. The maximum absolute atomic E-state index is 10.6. The van der Waals surface area contributed by atoms with E-state index in [1.807, 2.05) is 0 Å². The molecule has 0 aromatic heterocycles. The molecule has 1 N–H and O–H groups in total. The highest BCUT2D eigenvalue weighted by molar-refractivity contribution is 9.10. The zero-order valence-corrected chi connectivity index (χ0v) is 9.02. The van der Waals surface area contributed by atoms with E-state index < -0.39 is 5.97 Å². The molecule has 70 valence electrons. The second kappa shape index (κ2) is 3.98. The molecule has 0 bridgehead atoms. The Morgan fingerprint density at radius 1 is 1.62 bits per heavy atom. The van der Waals surface area contributed by atoms with Crippen LogP contribution in [0.5, 0.6) is 5.75 Å². The zero-order valence-electron chi connectivity index (χ0n) is 6.67. The first-order valence-electron chi connectivity index (χ1n) is 3.33. The van der Waals surface area contributed by atoms with Crippen molar-refractivity contribution in [3.8, 4) is 5.75 Å². The fraction of sp³-hybridized carbons (Fsp3) is 0.125. The lowest BCUT2D eigenvalue weighted by Crippen LogP contribution is -1.98. The number of rotatable bonds is 2. The quantitative estimate of drug-likeness (QED) is 0.894. The van der Waals surface area contributed by atoms with Gasteiger partial charge in [-0.25, -0.2) is 4.79 Å². The van der Waals surface area contributed by atoms with Crippen LogP contribution in [0.4, 0.5) is 0 Å². The maximum Gasteiger partial charge on any atom is 0.337 e. The van der Waals surface area contributed by atoms with Gasteiger partial charge in [-0.3, -0.25) is 0 Å². The summed E-state index contributed by atoms with van der Waals surface area (Å²) in [4.78, 5) is 10.6. The van der Waals surface area contributed by atoms with Crippen LogP contribution in [0.2, 0.25) is 5.02 Å². The van der Waals surface area contributed by atoms with Crippen molar-refractivity contribution < 1.29 is 14.6 Å². The molecule has 13 heavy (non-hydrogen) atoms. The van der Waals surface area contributed by atoms with Crippen LogP contribution in [-0.4, -0.2) is 18.2 Å². The topological polar surface area (TPSA) is 46.5 Å². The summed E-state index contributed by atoms with van der Waals surface area (Å²) in [5.41, 5.74) is 0.0503. The molecule has 0 heterocycles. The second-order valence-corrected chi connectivity index (χ2v) is 3.42. The van der Waals surface area contributed by atoms with Crippen LogP contribution in [0, 0.1) is 0 Å². The summed E-state index contributed by atoms with van der Waals surface area (Å²) in [6, 6.07) is 2.94. The van der Waals surface area contributed by atoms with Gasteiger partial charge in [-0.2, -0.15) is 0 Å². The van der Waals surface area contributed by atoms with E-state index in [2.05, 4.69) is 15.9 Å². The first-order valence-corrected chi connectivity index (χ1v) is 4.50. The standard InChI is InChI=1S/C8H6BrClO3/c1-13-5-3-2-4(8(11)12)7(10)6(5)9/h2-3H,1H3,(H,11,12). The van der Waals surface area contributed by atoms with Crippen LogP contribution < -0.4 is 4.74 Å². The lowest BCUT2D eigenvalue weighted by molar-refractivity contribution is 0.0697. The van der Waals surface area contributed by atoms with Gasteiger partial charge >= 0.3 is 5.97 Å². The molecule has 0 radical (unpaired) electrons. The van der Waals surface area contributed by atoms with E-state index in [1.54, 1.807) is 6.07 Å². The van der Waals surface area contributed by atoms with E-state index in [1.165, 1.54) is 13.2 Å². The van der Waals surface area contributed by atoms with Gasteiger partial charge in [0, 0.05) is 0 Å². The Morgan fingerprint density at radius 3 is 2.69 bits per heavy atom. The molecule has 1 aromatic carbocycles. The lowest BCUT2D eigenvalue weighted by Gasteiger charge is -2.06. The van der Waals surface area contributed by atoms with Crippen LogP contribution in [0.25, 0.3) is 0 Å². The Bertz CT molecular complexity index is 351. The van der Waals surface area contributed by atoms with Crippen molar-refractivity contribution >= 4 is 33.5 Å². The molecule has 0 spiro atoms. The van der Waals surface area contributed by atoms with Gasteiger partial charge in [-0.15, -0.1) is 0 Å². The highest BCUT2D eigenvalue weighted by Crippen LogP contribution is 2.34. The molecule has 0 aliphatic carbocycles. The smallest absolute Gasteiger partial charge is 0.337 e.